The first kappa shape index (κ1) is 19.6. The third-order valence-corrected chi connectivity index (χ3v) is 6.68. The predicted octanol–water partition coefficient (Wildman–Crippen LogP) is 6.90. The lowest BCUT2D eigenvalue weighted by Crippen LogP contribution is -2.36. The van der Waals surface area contributed by atoms with Crippen LogP contribution in [0.3, 0.4) is 0 Å². The van der Waals surface area contributed by atoms with E-state index in [1.807, 2.05) is 48.5 Å². The second kappa shape index (κ2) is 7.40. The molecule has 2 nitrogen and oxygen atoms in total. The molecule has 0 fully saturated rings. The van der Waals surface area contributed by atoms with Crippen molar-refractivity contribution in [3.05, 3.63) is 116 Å². The summed E-state index contributed by atoms with van der Waals surface area (Å²) in [6.07, 6.45) is 0. The number of rotatable bonds is 2. The van der Waals surface area contributed by atoms with Gasteiger partial charge in [-0.3, -0.25) is 0 Å². The smallest absolute Gasteiger partial charge is 0.130 e. The highest BCUT2D eigenvalue weighted by molar-refractivity contribution is 6.30. The minimum absolute atomic E-state index is 0.194. The molecule has 0 radical (unpaired) electrons. The van der Waals surface area contributed by atoms with Crippen molar-refractivity contribution in [3.63, 3.8) is 0 Å². The van der Waals surface area contributed by atoms with Crippen molar-refractivity contribution in [2.45, 2.75) is 25.9 Å². The SMILES string of the molecule is Cc1ccc2ccc(C)c3c2c1[C@H](c1ccc(Cl)cc1)N([OH2+])[C@H]3c1ccc(Cl)cc1. The summed E-state index contributed by atoms with van der Waals surface area (Å²) < 4.78 is 0. The van der Waals surface area contributed by atoms with Crippen molar-refractivity contribution in [1.82, 2.24) is 5.06 Å². The number of aryl methyl sites for hydroxylation is 2. The zero-order chi connectivity index (χ0) is 21.0. The molecule has 1 aliphatic rings. The van der Waals surface area contributed by atoms with Crippen LogP contribution in [-0.4, -0.2) is 10.3 Å². The molecule has 4 aromatic rings. The maximum atomic E-state index is 9.32. The van der Waals surface area contributed by atoms with E-state index in [-0.39, 0.29) is 12.1 Å². The largest absolute Gasteiger partial charge is 0.337 e. The fourth-order valence-corrected chi connectivity index (χ4v) is 5.01. The van der Waals surface area contributed by atoms with Crippen LogP contribution in [0, 0.1) is 13.8 Å². The van der Waals surface area contributed by atoms with Crippen molar-refractivity contribution in [3.8, 4) is 0 Å². The number of nitrogens with zero attached hydrogens (tertiary/aromatic N) is 1. The van der Waals surface area contributed by atoms with Gasteiger partial charge in [-0.05, 0) is 82.3 Å². The molecule has 2 atom stereocenters. The van der Waals surface area contributed by atoms with E-state index in [1.54, 1.807) is 5.06 Å². The van der Waals surface area contributed by atoms with Crippen molar-refractivity contribution in [2.24, 2.45) is 0 Å². The first-order chi connectivity index (χ1) is 14.5. The predicted molar refractivity (Wildman–Crippen MR) is 125 cm³/mol. The van der Waals surface area contributed by atoms with Crippen molar-refractivity contribution in [1.29, 1.82) is 0 Å². The third-order valence-electron chi connectivity index (χ3n) is 6.18. The van der Waals surface area contributed by atoms with Gasteiger partial charge in [0.15, 0.2) is 0 Å². The van der Waals surface area contributed by atoms with Crippen LogP contribution in [0.2, 0.25) is 10.0 Å². The Morgan fingerprint density at radius 2 is 1.03 bits per heavy atom. The van der Waals surface area contributed by atoms with E-state index in [4.69, 9.17) is 23.2 Å². The Morgan fingerprint density at radius 1 is 0.633 bits per heavy atom. The topological polar surface area (TPSA) is 26.1 Å². The van der Waals surface area contributed by atoms with Gasteiger partial charge in [-0.25, -0.2) is 0 Å². The van der Waals surface area contributed by atoms with Gasteiger partial charge in [-0.15, -0.1) is 0 Å². The first-order valence-corrected chi connectivity index (χ1v) is 10.7. The minimum atomic E-state index is -0.194. The van der Waals surface area contributed by atoms with Gasteiger partial charge in [0.1, 0.15) is 12.1 Å². The third kappa shape index (κ3) is 3.03. The molecule has 4 aromatic carbocycles. The first-order valence-electron chi connectivity index (χ1n) is 9.99. The minimum Gasteiger partial charge on any atom is -0.337 e. The van der Waals surface area contributed by atoms with Crippen molar-refractivity contribution >= 4 is 34.0 Å². The highest BCUT2D eigenvalue weighted by Gasteiger charge is 2.41. The van der Waals surface area contributed by atoms with E-state index in [1.165, 1.54) is 33.0 Å². The summed E-state index contributed by atoms with van der Waals surface area (Å²) in [5, 5.41) is 14.9. The molecule has 0 spiro atoms. The Balaban J connectivity index is 1.86. The molecule has 0 bridgehead atoms. The van der Waals surface area contributed by atoms with Crippen molar-refractivity contribution < 1.29 is 5.21 Å². The Hall–Kier alpha value is -2.36. The highest BCUT2D eigenvalue weighted by atomic mass is 35.5. The van der Waals surface area contributed by atoms with E-state index in [0.717, 1.165) is 11.1 Å². The Labute approximate surface area is 186 Å². The summed E-state index contributed by atoms with van der Waals surface area (Å²) in [6, 6.07) is 24.1. The molecule has 150 valence electrons. The van der Waals surface area contributed by atoms with Crippen LogP contribution >= 0.6 is 23.2 Å². The van der Waals surface area contributed by atoms with Crippen molar-refractivity contribution in [2.75, 3.05) is 0 Å². The number of hydroxylamine groups is 2. The van der Waals surface area contributed by atoms with Gasteiger partial charge in [0.05, 0.1) is 0 Å². The van der Waals surface area contributed by atoms with Crippen LogP contribution in [0.5, 0.6) is 0 Å². The second-order valence-electron chi connectivity index (χ2n) is 8.01. The molecule has 0 aromatic heterocycles. The van der Waals surface area contributed by atoms with E-state index in [0.29, 0.717) is 10.0 Å². The standard InChI is InChI=1S/C26H21Cl2NO/c1-15-3-5-17-6-4-16(2)23-24(17)22(15)25(18-7-11-20(27)12-8-18)29(30)26(23)19-9-13-21(28)14-10-19/h3-14,25-26,30H,1-2H3/p+1/t25-,26-/m0/s1. The van der Waals surface area contributed by atoms with E-state index in [2.05, 4.69) is 38.1 Å². The molecule has 1 aliphatic heterocycles. The maximum absolute atomic E-state index is 9.32. The Bertz CT molecular complexity index is 1150. The number of halogens is 2. The van der Waals surface area contributed by atoms with E-state index < -0.39 is 0 Å². The van der Waals surface area contributed by atoms with Gasteiger partial charge in [0.2, 0.25) is 0 Å². The summed E-state index contributed by atoms with van der Waals surface area (Å²) >= 11 is 12.3. The number of hydrogen-bond acceptors (Lipinski definition) is 1. The molecule has 30 heavy (non-hydrogen) atoms. The molecular weight excluding hydrogens is 413 g/mol. The van der Waals surface area contributed by atoms with Gasteiger partial charge in [-0.1, -0.05) is 76.8 Å². The molecule has 0 aliphatic carbocycles. The summed E-state index contributed by atoms with van der Waals surface area (Å²) in [5.41, 5.74) is 6.93. The molecule has 0 saturated heterocycles. The van der Waals surface area contributed by atoms with Gasteiger partial charge in [0, 0.05) is 10.0 Å². The van der Waals surface area contributed by atoms with Crippen LogP contribution in [0.1, 0.15) is 45.5 Å². The summed E-state index contributed by atoms with van der Waals surface area (Å²) in [5.74, 6) is 0. The van der Waals surface area contributed by atoms with Crippen LogP contribution in [0.25, 0.3) is 10.8 Å². The fourth-order valence-electron chi connectivity index (χ4n) is 4.76. The summed E-state index contributed by atoms with van der Waals surface area (Å²) in [4.78, 5) is 0. The normalized spacial score (nSPS) is 18.7. The van der Waals surface area contributed by atoms with Crippen LogP contribution < -0.4 is 0 Å². The molecule has 5 rings (SSSR count). The maximum Gasteiger partial charge on any atom is 0.130 e. The average molecular weight is 435 g/mol. The van der Waals surface area contributed by atoms with Gasteiger partial charge < -0.3 is 5.21 Å². The molecule has 1 heterocycles. The fraction of sp³-hybridized carbons (Fsp3) is 0.154. The number of hydrogen-bond donors (Lipinski definition) is 0. The van der Waals surface area contributed by atoms with Crippen LogP contribution in [0.4, 0.5) is 0 Å². The summed E-state index contributed by atoms with van der Waals surface area (Å²) in [7, 11) is 0. The van der Waals surface area contributed by atoms with E-state index in [9.17, 15) is 5.21 Å². The summed E-state index contributed by atoms with van der Waals surface area (Å²) in [6.45, 7) is 4.28. The lowest BCUT2D eigenvalue weighted by molar-refractivity contribution is -0.144. The molecule has 2 N–H and O–H groups in total. The molecule has 4 heteroatoms. The zero-order valence-electron chi connectivity index (χ0n) is 16.8. The zero-order valence-corrected chi connectivity index (χ0v) is 18.3. The molecule has 0 amide bonds. The quantitative estimate of drug-likeness (QED) is 0.315. The lowest BCUT2D eigenvalue weighted by atomic mass is 9.78. The van der Waals surface area contributed by atoms with Crippen LogP contribution in [-0.2, 0) is 0 Å². The molecular formula is C26H22Cl2NO+. The van der Waals surface area contributed by atoms with Crippen LogP contribution in [0.15, 0.2) is 72.8 Å². The van der Waals surface area contributed by atoms with Gasteiger partial charge in [-0.2, -0.15) is 0 Å². The van der Waals surface area contributed by atoms with E-state index >= 15 is 0 Å². The molecule has 0 saturated carbocycles. The molecule has 0 unspecified atom stereocenters. The highest BCUT2D eigenvalue weighted by Crippen LogP contribution is 2.49. The second-order valence-corrected chi connectivity index (χ2v) is 8.88. The number of benzene rings is 4. The average Bonchev–Trinajstić information content (AvgIpc) is 2.74. The van der Waals surface area contributed by atoms with Gasteiger partial charge in [0.25, 0.3) is 0 Å². The van der Waals surface area contributed by atoms with Gasteiger partial charge >= 0.3 is 0 Å². The Morgan fingerprint density at radius 3 is 1.43 bits per heavy atom. The Kier molecular flexibility index (Phi) is 4.83. The lowest BCUT2D eigenvalue weighted by Gasteiger charge is -2.38. The monoisotopic (exact) mass is 434 g/mol.